The van der Waals surface area contributed by atoms with Crippen molar-refractivity contribution in [1.82, 2.24) is 5.32 Å². The van der Waals surface area contributed by atoms with Crippen LogP contribution < -0.4 is 5.32 Å². The third-order valence-corrected chi connectivity index (χ3v) is 6.29. The number of amides is 1. The SMILES string of the molecule is CC(C)=CCCC(C)=CCCC(C)=CCCC(C)(Cl)C(Cl)C(=O)NCC[N+](C)(C)C. The van der Waals surface area contributed by atoms with Crippen LogP contribution >= 0.6 is 23.2 Å². The summed E-state index contributed by atoms with van der Waals surface area (Å²) in [5, 5.41) is 2.16. The lowest BCUT2D eigenvalue weighted by Crippen LogP contribution is -2.47. The largest absolute Gasteiger partial charge is 0.349 e. The van der Waals surface area contributed by atoms with Crippen LogP contribution in [0, 0.1) is 0 Å². The zero-order valence-electron chi connectivity index (χ0n) is 20.6. The molecule has 5 heteroatoms. The highest BCUT2D eigenvalue weighted by Gasteiger charge is 2.35. The fourth-order valence-corrected chi connectivity index (χ4v) is 3.34. The molecule has 0 spiro atoms. The van der Waals surface area contributed by atoms with Gasteiger partial charge in [-0.25, -0.2) is 0 Å². The Morgan fingerprint density at radius 3 is 1.97 bits per heavy atom. The van der Waals surface area contributed by atoms with Crippen molar-refractivity contribution in [3.05, 3.63) is 34.9 Å². The Morgan fingerprint density at radius 1 is 0.967 bits per heavy atom. The lowest BCUT2D eigenvalue weighted by atomic mass is 9.98. The summed E-state index contributed by atoms with van der Waals surface area (Å²) in [6.07, 6.45) is 12.7. The van der Waals surface area contributed by atoms with Gasteiger partial charge in [0.15, 0.2) is 0 Å². The average molecular weight is 461 g/mol. The third-order valence-electron chi connectivity index (χ3n) is 5.09. The molecule has 0 aliphatic carbocycles. The van der Waals surface area contributed by atoms with E-state index in [1.54, 1.807) is 0 Å². The van der Waals surface area contributed by atoms with E-state index in [4.69, 9.17) is 23.2 Å². The predicted octanol–water partition coefficient (Wildman–Crippen LogP) is 6.61. The normalized spacial score (nSPS) is 16.1. The number of alkyl halides is 2. The number of hydrogen-bond donors (Lipinski definition) is 1. The Balaban J connectivity index is 4.36. The quantitative estimate of drug-likeness (QED) is 0.176. The molecule has 0 bridgehead atoms. The van der Waals surface area contributed by atoms with E-state index < -0.39 is 10.3 Å². The van der Waals surface area contributed by atoms with Crippen molar-refractivity contribution in [2.24, 2.45) is 0 Å². The summed E-state index contributed by atoms with van der Waals surface area (Å²) in [6.45, 7) is 12.0. The van der Waals surface area contributed by atoms with E-state index in [9.17, 15) is 4.79 Å². The zero-order valence-corrected chi connectivity index (χ0v) is 22.1. The molecule has 0 heterocycles. The molecule has 0 fully saturated rings. The Bertz CT molecular complexity index is 609. The van der Waals surface area contributed by atoms with Gasteiger partial charge in [0.05, 0.1) is 39.1 Å². The molecule has 1 amide bonds. The average Bonchev–Trinajstić information content (AvgIpc) is 2.59. The highest BCUT2D eigenvalue weighted by atomic mass is 35.5. The van der Waals surface area contributed by atoms with Crippen LogP contribution in [-0.4, -0.2) is 54.9 Å². The van der Waals surface area contributed by atoms with E-state index in [0.717, 1.165) is 43.1 Å². The fourth-order valence-electron chi connectivity index (χ4n) is 2.94. The van der Waals surface area contributed by atoms with E-state index in [2.05, 4.69) is 72.4 Å². The Morgan fingerprint density at radius 2 is 1.47 bits per heavy atom. The number of halogens is 2. The zero-order chi connectivity index (χ0) is 23.4. The van der Waals surface area contributed by atoms with Gasteiger partial charge in [-0.1, -0.05) is 34.9 Å². The molecule has 1 N–H and O–H groups in total. The number of allylic oxidation sites excluding steroid dienone is 6. The molecule has 174 valence electrons. The van der Waals surface area contributed by atoms with Crippen molar-refractivity contribution in [1.29, 1.82) is 0 Å². The number of likely N-dealkylation sites (N-methyl/N-ethyl adjacent to an activating group) is 1. The lowest BCUT2D eigenvalue weighted by molar-refractivity contribution is -0.869. The van der Waals surface area contributed by atoms with Crippen molar-refractivity contribution in [2.75, 3.05) is 34.2 Å². The summed E-state index contributed by atoms with van der Waals surface area (Å²) in [5.74, 6) is -0.183. The molecule has 2 unspecified atom stereocenters. The number of nitrogens with zero attached hydrogens (tertiary/aromatic N) is 1. The molecule has 0 aromatic heterocycles. The molecule has 30 heavy (non-hydrogen) atoms. The number of quaternary nitrogens is 1. The first-order valence-electron chi connectivity index (χ1n) is 11.1. The van der Waals surface area contributed by atoms with Crippen LogP contribution in [0.2, 0.25) is 0 Å². The molecular weight excluding hydrogens is 415 g/mol. The number of carbonyl (C=O) groups excluding carboxylic acids is 1. The molecule has 0 rings (SSSR count). The van der Waals surface area contributed by atoms with Gasteiger partial charge in [-0.15, -0.1) is 23.2 Å². The number of rotatable bonds is 14. The van der Waals surface area contributed by atoms with Crippen molar-refractivity contribution in [3.63, 3.8) is 0 Å². The molecule has 0 aromatic rings. The second kappa shape index (κ2) is 14.3. The first-order valence-corrected chi connectivity index (χ1v) is 11.9. The number of carbonyl (C=O) groups is 1. The highest BCUT2D eigenvalue weighted by Crippen LogP contribution is 2.30. The predicted molar refractivity (Wildman–Crippen MR) is 134 cm³/mol. The summed E-state index contributed by atoms with van der Waals surface area (Å²) < 4.78 is 0.791. The number of nitrogens with one attached hydrogen (secondary N) is 1. The summed E-state index contributed by atoms with van der Waals surface area (Å²) in [7, 11) is 6.27. The molecule has 2 atom stereocenters. The van der Waals surface area contributed by atoms with Crippen LogP contribution in [0.3, 0.4) is 0 Å². The van der Waals surface area contributed by atoms with Gasteiger partial charge < -0.3 is 9.80 Å². The number of hydrogen-bond acceptors (Lipinski definition) is 1. The van der Waals surface area contributed by atoms with E-state index in [1.165, 1.54) is 16.7 Å². The summed E-state index contributed by atoms with van der Waals surface area (Å²) >= 11 is 13.0. The molecule has 0 aliphatic heterocycles. The van der Waals surface area contributed by atoms with E-state index in [1.807, 2.05) is 6.92 Å². The van der Waals surface area contributed by atoms with Crippen molar-refractivity contribution < 1.29 is 9.28 Å². The molecule has 0 aromatic carbocycles. The van der Waals surface area contributed by atoms with Gasteiger partial charge in [0, 0.05) is 0 Å². The minimum atomic E-state index is -0.763. The van der Waals surface area contributed by atoms with Crippen LogP contribution in [-0.2, 0) is 4.79 Å². The summed E-state index contributed by atoms with van der Waals surface area (Å²) in [6, 6.07) is 0. The lowest BCUT2D eigenvalue weighted by Gasteiger charge is -2.28. The molecular formula is C25H45Cl2N2O+. The minimum Gasteiger partial charge on any atom is -0.349 e. The van der Waals surface area contributed by atoms with Crippen LogP contribution in [0.5, 0.6) is 0 Å². The fraction of sp³-hybridized carbons (Fsp3) is 0.720. The first kappa shape index (κ1) is 29.2. The summed E-state index contributed by atoms with van der Waals surface area (Å²) in [4.78, 5) is 11.6. The third kappa shape index (κ3) is 15.1. The van der Waals surface area contributed by atoms with Crippen LogP contribution in [0.4, 0.5) is 0 Å². The monoisotopic (exact) mass is 459 g/mol. The molecule has 3 nitrogen and oxygen atoms in total. The van der Waals surface area contributed by atoms with Gasteiger partial charge in [-0.05, 0) is 73.1 Å². The highest BCUT2D eigenvalue weighted by molar-refractivity contribution is 6.39. The maximum Gasteiger partial charge on any atom is 0.240 e. The van der Waals surface area contributed by atoms with E-state index >= 15 is 0 Å². The minimum absolute atomic E-state index is 0.183. The van der Waals surface area contributed by atoms with Gasteiger partial charge in [0.2, 0.25) is 5.91 Å². The second-order valence-corrected chi connectivity index (χ2v) is 11.2. The molecule has 0 saturated carbocycles. The maximum atomic E-state index is 12.3. The van der Waals surface area contributed by atoms with Crippen molar-refractivity contribution in [3.8, 4) is 0 Å². The molecule has 0 radical (unpaired) electrons. The van der Waals surface area contributed by atoms with Gasteiger partial charge in [0.1, 0.15) is 5.38 Å². The van der Waals surface area contributed by atoms with E-state index in [0.29, 0.717) is 13.0 Å². The molecule has 0 saturated heterocycles. The van der Waals surface area contributed by atoms with Gasteiger partial charge in [-0.2, -0.15) is 0 Å². The second-order valence-electron chi connectivity index (χ2n) is 9.94. The van der Waals surface area contributed by atoms with Crippen LogP contribution in [0.15, 0.2) is 34.9 Å². The van der Waals surface area contributed by atoms with Gasteiger partial charge in [-0.3, -0.25) is 4.79 Å². The Kier molecular flexibility index (Phi) is 14.0. The van der Waals surface area contributed by atoms with E-state index in [-0.39, 0.29) is 5.91 Å². The van der Waals surface area contributed by atoms with Gasteiger partial charge in [0.25, 0.3) is 0 Å². The van der Waals surface area contributed by atoms with Gasteiger partial charge >= 0.3 is 0 Å². The molecule has 0 aliphatic rings. The van der Waals surface area contributed by atoms with Crippen molar-refractivity contribution >= 4 is 29.1 Å². The summed E-state index contributed by atoms with van der Waals surface area (Å²) in [5.41, 5.74) is 4.19. The maximum absolute atomic E-state index is 12.3. The van der Waals surface area contributed by atoms with Crippen LogP contribution in [0.25, 0.3) is 0 Å². The Labute approximate surface area is 196 Å². The standard InChI is InChI=1S/C25H44Cl2N2O/c1-20(2)12-9-13-21(3)14-10-15-22(4)16-11-17-25(5,27)23(26)24(30)28-18-19-29(6,7)8/h12,14,16,23H,9-11,13,15,17-19H2,1-8H3/p+1. The topological polar surface area (TPSA) is 29.1 Å². The smallest absolute Gasteiger partial charge is 0.240 e. The first-order chi connectivity index (χ1) is 13.7. The van der Waals surface area contributed by atoms with Crippen LogP contribution in [0.1, 0.15) is 73.1 Å². The Hall–Kier alpha value is -0.770. The van der Waals surface area contributed by atoms with Crippen molar-refractivity contribution in [2.45, 2.75) is 83.4 Å².